The van der Waals surface area contributed by atoms with Gasteiger partial charge in [-0.3, -0.25) is 4.79 Å². The standard InChI is InChI=1S/C15H18N2O2/c1-19-14-6-4-12(5-7-14)10-13(11-16)15(18)17-8-2-3-9-17/h4-7,13H,2-3,8-10H2,1H3. The van der Waals surface area contributed by atoms with E-state index in [4.69, 9.17) is 4.74 Å². The molecule has 0 saturated carbocycles. The van der Waals surface area contributed by atoms with E-state index in [1.54, 1.807) is 12.0 Å². The first-order valence-electron chi connectivity index (χ1n) is 6.56. The second-order valence-corrected chi connectivity index (χ2v) is 4.77. The lowest BCUT2D eigenvalue weighted by Gasteiger charge is -2.18. The van der Waals surface area contributed by atoms with Crippen molar-refractivity contribution in [2.75, 3.05) is 20.2 Å². The van der Waals surface area contributed by atoms with Crippen molar-refractivity contribution >= 4 is 5.91 Å². The summed E-state index contributed by atoms with van der Waals surface area (Å²) in [6, 6.07) is 9.64. The van der Waals surface area contributed by atoms with Gasteiger partial charge in [-0.15, -0.1) is 0 Å². The maximum Gasteiger partial charge on any atom is 0.240 e. The highest BCUT2D eigenvalue weighted by Crippen LogP contribution is 2.18. The van der Waals surface area contributed by atoms with Crippen molar-refractivity contribution in [3.63, 3.8) is 0 Å². The number of rotatable bonds is 4. The minimum absolute atomic E-state index is 0.0316. The number of amides is 1. The van der Waals surface area contributed by atoms with E-state index in [2.05, 4.69) is 6.07 Å². The van der Waals surface area contributed by atoms with Crippen LogP contribution in [0.1, 0.15) is 18.4 Å². The molecule has 1 aliphatic rings. The van der Waals surface area contributed by atoms with Crippen molar-refractivity contribution < 1.29 is 9.53 Å². The van der Waals surface area contributed by atoms with Gasteiger partial charge in [0.05, 0.1) is 13.2 Å². The zero-order chi connectivity index (χ0) is 13.7. The fraction of sp³-hybridized carbons (Fsp3) is 0.467. The van der Waals surface area contributed by atoms with Crippen molar-refractivity contribution in [3.05, 3.63) is 29.8 Å². The molecule has 1 atom stereocenters. The highest BCUT2D eigenvalue weighted by Gasteiger charge is 2.26. The molecule has 1 unspecified atom stereocenters. The Hall–Kier alpha value is -2.02. The van der Waals surface area contributed by atoms with E-state index < -0.39 is 5.92 Å². The lowest BCUT2D eigenvalue weighted by molar-refractivity contribution is -0.132. The van der Waals surface area contributed by atoms with Gasteiger partial charge in [0, 0.05) is 13.1 Å². The van der Waals surface area contributed by atoms with E-state index in [1.165, 1.54) is 0 Å². The molecule has 2 rings (SSSR count). The SMILES string of the molecule is COc1ccc(CC(C#N)C(=O)N2CCCC2)cc1. The molecule has 0 spiro atoms. The Bertz CT molecular complexity index is 470. The fourth-order valence-corrected chi connectivity index (χ4v) is 2.34. The van der Waals surface area contributed by atoms with Crippen LogP contribution in [0, 0.1) is 17.2 Å². The van der Waals surface area contributed by atoms with Crippen LogP contribution in [0.2, 0.25) is 0 Å². The van der Waals surface area contributed by atoms with Crippen LogP contribution in [0.5, 0.6) is 5.75 Å². The molecule has 1 aromatic carbocycles. The number of hydrogen-bond acceptors (Lipinski definition) is 3. The number of carbonyl (C=O) groups excluding carboxylic acids is 1. The van der Waals surface area contributed by atoms with Crippen molar-refractivity contribution in [1.82, 2.24) is 4.90 Å². The molecule has 1 aliphatic heterocycles. The molecule has 0 bridgehead atoms. The first-order chi connectivity index (χ1) is 9.24. The number of hydrogen-bond donors (Lipinski definition) is 0. The topological polar surface area (TPSA) is 53.3 Å². The van der Waals surface area contributed by atoms with Gasteiger partial charge in [0.15, 0.2) is 0 Å². The number of benzene rings is 1. The average molecular weight is 258 g/mol. The van der Waals surface area contributed by atoms with Gasteiger partial charge in [-0.1, -0.05) is 12.1 Å². The van der Waals surface area contributed by atoms with Crippen LogP contribution in [0.4, 0.5) is 0 Å². The Balaban J connectivity index is 2.01. The number of nitrogens with zero attached hydrogens (tertiary/aromatic N) is 2. The monoisotopic (exact) mass is 258 g/mol. The van der Waals surface area contributed by atoms with Crippen LogP contribution in [0.3, 0.4) is 0 Å². The van der Waals surface area contributed by atoms with Crippen molar-refractivity contribution in [1.29, 1.82) is 5.26 Å². The second-order valence-electron chi connectivity index (χ2n) is 4.77. The van der Waals surface area contributed by atoms with Gasteiger partial charge in [0.1, 0.15) is 11.7 Å². The molecule has 1 aromatic rings. The average Bonchev–Trinajstić information content (AvgIpc) is 2.99. The molecule has 100 valence electrons. The second kappa shape index (κ2) is 6.24. The molecular formula is C15H18N2O2. The molecule has 4 heteroatoms. The Morgan fingerprint density at radius 3 is 2.53 bits per heavy atom. The molecule has 1 fully saturated rings. The summed E-state index contributed by atoms with van der Waals surface area (Å²) in [5.41, 5.74) is 0.986. The molecule has 0 N–H and O–H groups in total. The Morgan fingerprint density at radius 2 is 2.00 bits per heavy atom. The maximum absolute atomic E-state index is 12.2. The number of nitriles is 1. The van der Waals surface area contributed by atoms with Gasteiger partial charge in [0.25, 0.3) is 0 Å². The minimum atomic E-state index is -0.577. The third-order valence-corrected chi connectivity index (χ3v) is 3.47. The summed E-state index contributed by atoms with van der Waals surface area (Å²) < 4.78 is 5.09. The predicted molar refractivity (Wildman–Crippen MR) is 71.6 cm³/mol. The zero-order valence-electron chi connectivity index (χ0n) is 11.1. The van der Waals surface area contributed by atoms with Crippen molar-refractivity contribution in [2.24, 2.45) is 5.92 Å². The summed E-state index contributed by atoms with van der Waals surface area (Å²) in [6.07, 6.45) is 2.56. The van der Waals surface area contributed by atoms with Gasteiger partial charge >= 0.3 is 0 Å². The van der Waals surface area contributed by atoms with E-state index in [0.29, 0.717) is 6.42 Å². The van der Waals surface area contributed by atoms with E-state index in [9.17, 15) is 10.1 Å². The Labute approximate surface area is 113 Å². The summed E-state index contributed by atoms with van der Waals surface area (Å²) in [4.78, 5) is 14.0. The highest BCUT2D eigenvalue weighted by molar-refractivity contribution is 5.81. The van der Waals surface area contributed by atoms with Crippen LogP contribution < -0.4 is 4.74 Å². The van der Waals surface area contributed by atoms with Crippen LogP contribution in [0.25, 0.3) is 0 Å². The third-order valence-electron chi connectivity index (χ3n) is 3.47. The van der Waals surface area contributed by atoms with E-state index in [0.717, 1.165) is 37.2 Å². The lowest BCUT2D eigenvalue weighted by Crippen LogP contribution is -2.34. The summed E-state index contributed by atoms with van der Waals surface area (Å²) in [6.45, 7) is 1.58. The smallest absolute Gasteiger partial charge is 0.240 e. The van der Waals surface area contributed by atoms with Crippen LogP contribution in [0.15, 0.2) is 24.3 Å². The molecule has 0 aromatic heterocycles. The molecular weight excluding hydrogens is 240 g/mol. The number of likely N-dealkylation sites (tertiary alicyclic amines) is 1. The quantitative estimate of drug-likeness (QED) is 0.830. The molecule has 1 saturated heterocycles. The number of ether oxygens (including phenoxy) is 1. The third kappa shape index (κ3) is 3.25. The zero-order valence-corrected chi connectivity index (χ0v) is 11.1. The number of methoxy groups -OCH3 is 1. The minimum Gasteiger partial charge on any atom is -0.497 e. The normalized spacial score (nSPS) is 15.9. The molecule has 0 radical (unpaired) electrons. The summed E-state index contributed by atoms with van der Waals surface area (Å²) in [5.74, 6) is 0.172. The van der Waals surface area contributed by atoms with Crippen LogP contribution in [-0.2, 0) is 11.2 Å². The fourth-order valence-electron chi connectivity index (χ4n) is 2.34. The van der Waals surface area contributed by atoms with Crippen LogP contribution in [-0.4, -0.2) is 31.0 Å². The first kappa shape index (κ1) is 13.4. The van der Waals surface area contributed by atoms with Crippen molar-refractivity contribution in [3.8, 4) is 11.8 Å². The van der Waals surface area contributed by atoms with Gasteiger partial charge in [0.2, 0.25) is 5.91 Å². The summed E-state index contributed by atoms with van der Waals surface area (Å²) in [5, 5.41) is 9.20. The summed E-state index contributed by atoms with van der Waals surface area (Å²) >= 11 is 0. The molecule has 19 heavy (non-hydrogen) atoms. The predicted octanol–water partition coefficient (Wildman–Crippen LogP) is 2.00. The van der Waals surface area contributed by atoms with Crippen molar-refractivity contribution in [2.45, 2.75) is 19.3 Å². The Morgan fingerprint density at radius 1 is 1.37 bits per heavy atom. The van der Waals surface area contributed by atoms with E-state index >= 15 is 0 Å². The van der Waals surface area contributed by atoms with E-state index in [-0.39, 0.29) is 5.91 Å². The highest BCUT2D eigenvalue weighted by atomic mass is 16.5. The van der Waals surface area contributed by atoms with Gasteiger partial charge in [-0.2, -0.15) is 5.26 Å². The van der Waals surface area contributed by atoms with Crippen LogP contribution >= 0.6 is 0 Å². The van der Waals surface area contributed by atoms with Gasteiger partial charge in [-0.25, -0.2) is 0 Å². The first-order valence-corrected chi connectivity index (χ1v) is 6.56. The van der Waals surface area contributed by atoms with E-state index in [1.807, 2.05) is 24.3 Å². The number of carbonyl (C=O) groups is 1. The molecule has 0 aliphatic carbocycles. The Kier molecular flexibility index (Phi) is 4.40. The van der Waals surface area contributed by atoms with Gasteiger partial charge < -0.3 is 9.64 Å². The summed E-state index contributed by atoms with van der Waals surface area (Å²) in [7, 11) is 1.62. The molecule has 1 heterocycles. The molecule has 1 amide bonds. The maximum atomic E-state index is 12.2. The largest absolute Gasteiger partial charge is 0.497 e. The van der Waals surface area contributed by atoms with Gasteiger partial charge in [-0.05, 0) is 37.0 Å². The molecule has 4 nitrogen and oxygen atoms in total. The lowest BCUT2D eigenvalue weighted by atomic mass is 9.99.